The normalized spacial score (nSPS) is 12.6. The number of ether oxygens (including phenoxy) is 1. The average molecular weight is 255 g/mol. The van der Waals surface area contributed by atoms with Crippen LogP contribution in [-0.2, 0) is 9.53 Å². The molecule has 0 unspecified atom stereocenters. The summed E-state index contributed by atoms with van der Waals surface area (Å²) in [6.07, 6.45) is -3.89. The first-order valence-electron chi connectivity index (χ1n) is 5.53. The molecule has 0 N–H and O–H groups in total. The summed E-state index contributed by atoms with van der Waals surface area (Å²) in [5.41, 5.74) is -0.536. The fourth-order valence-corrected chi connectivity index (χ4v) is 1.15. The van der Waals surface area contributed by atoms with E-state index >= 15 is 0 Å². The third-order valence-electron chi connectivity index (χ3n) is 1.85. The van der Waals surface area contributed by atoms with Crippen LogP contribution in [0, 0.1) is 0 Å². The third-order valence-corrected chi connectivity index (χ3v) is 1.85. The van der Waals surface area contributed by atoms with Gasteiger partial charge < -0.3 is 9.64 Å². The van der Waals surface area contributed by atoms with Gasteiger partial charge in [0.05, 0.1) is 5.60 Å². The Morgan fingerprint density at radius 3 is 2.12 bits per heavy atom. The molecule has 1 amide bonds. The van der Waals surface area contributed by atoms with Crippen LogP contribution in [0.4, 0.5) is 13.2 Å². The summed E-state index contributed by atoms with van der Waals surface area (Å²) in [7, 11) is 0. The van der Waals surface area contributed by atoms with Crippen molar-refractivity contribution in [2.24, 2.45) is 0 Å². The van der Waals surface area contributed by atoms with Crippen LogP contribution in [0.3, 0.4) is 0 Å². The van der Waals surface area contributed by atoms with E-state index < -0.39 is 24.2 Å². The lowest BCUT2D eigenvalue weighted by molar-refractivity contribution is -0.166. The molecule has 3 nitrogen and oxygen atoms in total. The largest absolute Gasteiger partial charge is 0.406 e. The molecular weight excluding hydrogens is 235 g/mol. The lowest BCUT2D eigenvalue weighted by Gasteiger charge is -2.26. The van der Waals surface area contributed by atoms with Crippen molar-refractivity contribution in [1.82, 2.24) is 4.90 Å². The smallest absolute Gasteiger partial charge is 0.366 e. The molecule has 0 aromatic heterocycles. The number of halogens is 3. The van der Waals surface area contributed by atoms with Crippen LogP contribution in [0.25, 0.3) is 0 Å². The van der Waals surface area contributed by atoms with Crippen molar-refractivity contribution in [3.8, 4) is 0 Å². The average Bonchev–Trinajstić information content (AvgIpc) is 2.10. The van der Waals surface area contributed by atoms with Crippen LogP contribution < -0.4 is 0 Å². The number of hydrogen-bond donors (Lipinski definition) is 0. The maximum atomic E-state index is 12.2. The quantitative estimate of drug-likeness (QED) is 0.755. The van der Waals surface area contributed by atoms with Gasteiger partial charge in [0, 0.05) is 6.54 Å². The summed E-state index contributed by atoms with van der Waals surface area (Å²) in [6, 6.07) is 0. The van der Waals surface area contributed by atoms with Crippen molar-refractivity contribution >= 4 is 5.91 Å². The molecule has 0 fully saturated rings. The van der Waals surface area contributed by atoms with Gasteiger partial charge in [0.1, 0.15) is 13.2 Å². The molecule has 0 aliphatic rings. The van der Waals surface area contributed by atoms with E-state index in [-0.39, 0.29) is 13.2 Å². The molecule has 0 aliphatic heterocycles. The maximum absolute atomic E-state index is 12.2. The zero-order valence-electron chi connectivity index (χ0n) is 10.7. The molecular formula is C11H20F3NO2. The molecule has 0 bridgehead atoms. The molecule has 0 saturated carbocycles. The first-order chi connectivity index (χ1) is 7.55. The number of carbonyl (C=O) groups is 1. The fraction of sp³-hybridized carbons (Fsp3) is 0.909. The fourth-order valence-electron chi connectivity index (χ4n) is 1.15. The summed E-state index contributed by atoms with van der Waals surface area (Å²) in [5, 5.41) is 0. The summed E-state index contributed by atoms with van der Waals surface area (Å²) in [5.74, 6) is -0.626. The Morgan fingerprint density at radius 1 is 1.24 bits per heavy atom. The van der Waals surface area contributed by atoms with E-state index in [1.807, 2.05) is 0 Å². The minimum absolute atomic E-state index is 0.0891. The van der Waals surface area contributed by atoms with Crippen molar-refractivity contribution in [2.45, 2.75) is 45.9 Å². The van der Waals surface area contributed by atoms with Crippen LogP contribution in [0.5, 0.6) is 0 Å². The predicted molar refractivity (Wildman–Crippen MR) is 58.6 cm³/mol. The Bertz CT molecular complexity index is 246. The minimum Gasteiger partial charge on any atom is -0.366 e. The van der Waals surface area contributed by atoms with Crippen LogP contribution in [0.2, 0.25) is 0 Å². The predicted octanol–water partition coefficient (Wildman–Crippen LogP) is 2.60. The van der Waals surface area contributed by atoms with Crippen molar-refractivity contribution in [3.05, 3.63) is 0 Å². The van der Waals surface area contributed by atoms with Gasteiger partial charge in [-0.1, -0.05) is 6.92 Å². The summed E-state index contributed by atoms with van der Waals surface area (Å²) >= 11 is 0. The molecule has 0 radical (unpaired) electrons. The van der Waals surface area contributed by atoms with Gasteiger partial charge in [0.25, 0.3) is 0 Å². The molecule has 0 aromatic carbocycles. The molecule has 102 valence electrons. The molecule has 6 heteroatoms. The number of nitrogens with zero attached hydrogens (tertiary/aromatic N) is 1. The molecule has 0 spiro atoms. The standard InChI is InChI=1S/C11H20F3NO2/c1-5-6-15(8-11(12,13)14)9(16)7-17-10(2,3)4/h5-8H2,1-4H3. The molecule has 0 saturated heterocycles. The van der Waals surface area contributed by atoms with E-state index in [1.54, 1.807) is 27.7 Å². The number of rotatable bonds is 5. The van der Waals surface area contributed by atoms with Gasteiger partial charge in [-0.3, -0.25) is 4.79 Å². The highest BCUT2D eigenvalue weighted by molar-refractivity contribution is 5.77. The second-order valence-corrected chi connectivity index (χ2v) is 4.83. The topological polar surface area (TPSA) is 29.5 Å². The first-order valence-corrected chi connectivity index (χ1v) is 5.53. The van der Waals surface area contributed by atoms with E-state index in [9.17, 15) is 18.0 Å². The zero-order chi connectivity index (χ0) is 13.7. The Kier molecular flexibility index (Phi) is 5.95. The van der Waals surface area contributed by atoms with Crippen molar-refractivity contribution in [2.75, 3.05) is 19.7 Å². The Hall–Kier alpha value is -0.780. The Balaban J connectivity index is 4.35. The van der Waals surface area contributed by atoms with E-state index in [2.05, 4.69) is 0 Å². The molecule has 17 heavy (non-hydrogen) atoms. The van der Waals surface area contributed by atoms with Gasteiger partial charge in [-0.15, -0.1) is 0 Å². The second-order valence-electron chi connectivity index (χ2n) is 4.83. The SMILES string of the molecule is CCCN(CC(F)(F)F)C(=O)COC(C)(C)C. The number of hydrogen-bond acceptors (Lipinski definition) is 2. The van der Waals surface area contributed by atoms with Gasteiger partial charge in [-0.05, 0) is 27.2 Å². The first kappa shape index (κ1) is 16.2. The van der Waals surface area contributed by atoms with Gasteiger partial charge in [0.2, 0.25) is 5.91 Å². The van der Waals surface area contributed by atoms with E-state index in [4.69, 9.17) is 4.74 Å². The third kappa shape index (κ3) is 8.97. The highest BCUT2D eigenvalue weighted by atomic mass is 19.4. The lowest BCUT2D eigenvalue weighted by Crippen LogP contribution is -2.42. The van der Waals surface area contributed by atoms with E-state index in [1.165, 1.54) is 0 Å². The van der Waals surface area contributed by atoms with Gasteiger partial charge >= 0.3 is 6.18 Å². The lowest BCUT2D eigenvalue weighted by atomic mass is 10.2. The highest BCUT2D eigenvalue weighted by Gasteiger charge is 2.32. The second kappa shape index (κ2) is 6.23. The highest BCUT2D eigenvalue weighted by Crippen LogP contribution is 2.17. The van der Waals surface area contributed by atoms with Crippen LogP contribution in [-0.4, -0.2) is 42.3 Å². The molecule has 0 aliphatic carbocycles. The van der Waals surface area contributed by atoms with Gasteiger partial charge in [0.15, 0.2) is 0 Å². The van der Waals surface area contributed by atoms with Gasteiger partial charge in [-0.25, -0.2) is 0 Å². The Labute approximate surface area is 99.9 Å². The van der Waals surface area contributed by atoms with Crippen molar-refractivity contribution < 1.29 is 22.7 Å². The molecule has 0 heterocycles. The molecule has 0 rings (SSSR count). The number of carbonyl (C=O) groups excluding carboxylic acids is 1. The summed E-state index contributed by atoms with van der Waals surface area (Å²) < 4.78 is 41.9. The molecule has 0 aromatic rings. The van der Waals surface area contributed by atoms with Crippen LogP contribution >= 0.6 is 0 Å². The van der Waals surface area contributed by atoms with Crippen molar-refractivity contribution in [1.29, 1.82) is 0 Å². The molecule has 0 atom stereocenters. The minimum atomic E-state index is -4.37. The van der Waals surface area contributed by atoms with Crippen LogP contribution in [0.15, 0.2) is 0 Å². The Morgan fingerprint density at radius 2 is 1.76 bits per heavy atom. The van der Waals surface area contributed by atoms with E-state index in [0.29, 0.717) is 6.42 Å². The van der Waals surface area contributed by atoms with Crippen LogP contribution in [0.1, 0.15) is 34.1 Å². The summed E-state index contributed by atoms with van der Waals surface area (Å²) in [6.45, 7) is 5.51. The number of amides is 1. The summed E-state index contributed by atoms with van der Waals surface area (Å²) in [4.78, 5) is 12.3. The maximum Gasteiger partial charge on any atom is 0.406 e. The van der Waals surface area contributed by atoms with Crippen molar-refractivity contribution in [3.63, 3.8) is 0 Å². The monoisotopic (exact) mass is 255 g/mol. The number of alkyl halides is 3. The zero-order valence-corrected chi connectivity index (χ0v) is 10.7. The van der Waals surface area contributed by atoms with E-state index in [0.717, 1.165) is 4.90 Å². The van der Waals surface area contributed by atoms with Gasteiger partial charge in [-0.2, -0.15) is 13.2 Å².